The van der Waals surface area contributed by atoms with Crippen LogP contribution < -0.4 is 0 Å². The summed E-state index contributed by atoms with van der Waals surface area (Å²) in [6.07, 6.45) is 3.96. The molecule has 0 aliphatic carbocycles. The molecule has 1 heterocycles. The number of ether oxygens (including phenoxy) is 1. The third kappa shape index (κ3) is 3.78. The van der Waals surface area contributed by atoms with Crippen LogP contribution >= 0.6 is 0 Å². The lowest BCUT2D eigenvalue weighted by atomic mass is 10.2. The fraction of sp³-hybridized carbons (Fsp3) is 0.500. The molecule has 0 atom stereocenters. The molecule has 1 rings (SSSR count). The molecule has 1 aromatic heterocycles. The summed E-state index contributed by atoms with van der Waals surface area (Å²) < 4.78 is 9.97. The number of unbranched alkanes of at least 4 members (excludes halogenated alkanes) is 1. The molecular formula is C10H14O3. The summed E-state index contributed by atoms with van der Waals surface area (Å²) in [5, 5.41) is 0. The highest BCUT2D eigenvalue weighted by Crippen LogP contribution is 2.04. The van der Waals surface area contributed by atoms with Crippen LogP contribution in [0.25, 0.3) is 0 Å². The topological polar surface area (TPSA) is 39.4 Å². The molecule has 0 unspecified atom stereocenters. The number of rotatable bonds is 5. The molecule has 0 fully saturated rings. The Bertz CT molecular complexity index is 239. The normalized spacial score (nSPS) is 9.92. The molecule has 3 heteroatoms. The Kier molecular flexibility index (Phi) is 4.09. The van der Waals surface area contributed by atoms with Crippen molar-refractivity contribution in [2.24, 2.45) is 0 Å². The molecule has 0 radical (unpaired) electrons. The van der Waals surface area contributed by atoms with Gasteiger partial charge in [-0.3, -0.25) is 4.79 Å². The number of carbonyl (C=O) groups is 1. The van der Waals surface area contributed by atoms with Gasteiger partial charge in [0.1, 0.15) is 12.4 Å². The highest BCUT2D eigenvalue weighted by atomic mass is 16.5. The van der Waals surface area contributed by atoms with Crippen LogP contribution in [0.5, 0.6) is 0 Å². The van der Waals surface area contributed by atoms with Crippen LogP contribution in [0.4, 0.5) is 0 Å². The fourth-order valence-corrected chi connectivity index (χ4v) is 0.940. The van der Waals surface area contributed by atoms with E-state index in [0.717, 1.165) is 12.8 Å². The average Bonchev–Trinajstić information content (AvgIpc) is 2.64. The van der Waals surface area contributed by atoms with E-state index in [-0.39, 0.29) is 12.6 Å². The van der Waals surface area contributed by atoms with Gasteiger partial charge in [0.25, 0.3) is 0 Å². The van der Waals surface area contributed by atoms with E-state index >= 15 is 0 Å². The summed E-state index contributed by atoms with van der Waals surface area (Å²) in [6.45, 7) is 2.29. The zero-order valence-electron chi connectivity index (χ0n) is 7.79. The third-order valence-corrected chi connectivity index (χ3v) is 1.69. The number of hydrogen-bond acceptors (Lipinski definition) is 3. The van der Waals surface area contributed by atoms with Gasteiger partial charge in [-0.15, -0.1) is 0 Å². The summed E-state index contributed by atoms with van der Waals surface area (Å²) >= 11 is 0. The highest BCUT2D eigenvalue weighted by Gasteiger charge is 2.03. The number of hydrogen-bond donors (Lipinski definition) is 0. The highest BCUT2D eigenvalue weighted by molar-refractivity contribution is 5.69. The summed E-state index contributed by atoms with van der Waals surface area (Å²) in [6, 6.07) is 3.56. The first-order valence-electron chi connectivity index (χ1n) is 4.51. The van der Waals surface area contributed by atoms with Gasteiger partial charge in [-0.2, -0.15) is 0 Å². The maximum Gasteiger partial charge on any atom is 0.306 e. The summed E-state index contributed by atoms with van der Waals surface area (Å²) in [5.74, 6) is 0.531. The second-order valence-corrected chi connectivity index (χ2v) is 2.84. The molecule has 0 N–H and O–H groups in total. The second-order valence-electron chi connectivity index (χ2n) is 2.84. The molecule has 0 aliphatic rings. The Morgan fingerprint density at radius 1 is 1.62 bits per heavy atom. The maximum absolute atomic E-state index is 11.0. The van der Waals surface area contributed by atoms with Gasteiger partial charge in [0.2, 0.25) is 0 Å². The minimum absolute atomic E-state index is 0.154. The van der Waals surface area contributed by atoms with Crippen LogP contribution in [-0.2, 0) is 16.1 Å². The summed E-state index contributed by atoms with van der Waals surface area (Å²) in [5.41, 5.74) is 0. The van der Waals surface area contributed by atoms with Gasteiger partial charge in [-0.05, 0) is 18.6 Å². The van der Waals surface area contributed by atoms with E-state index in [1.165, 1.54) is 0 Å². The first-order valence-corrected chi connectivity index (χ1v) is 4.51. The lowest BCUT2D eigenvalue weighted by Gasteiger charge is -2.00. The Morgan fingerprint density at radius 3 is 3.08 bits per heavy atom. The second kappa shape index (κ2) is 5.41. The van der Waals surface area contributed by atoms with Gasteiger partial charge in [0.05, 0.1) is 6.26 Å². The zero-order chi connectivity index (χ0) is 9.52. The predicted molar refractivity (Wildman–Crippen MR) is 48.0 cm³/mol. The van der Waals surface area contributed by atoms with Crippen molar-refractivity contribution in [1.29, 1.82) is 0 Å². The molecule has 0 saturated carbocycles. The molecule has 0 saturated heterocycles. The van der Waals surface area contributed by atoms with Crippen molar-refractivity contribution in [3.63, 3.8) is 0 Å². The van der Waals surface area contributed by atoms with Gasteiger partial charge in [0, 0.05) is 6.42 Å². The monoisotopic (exact) mass is 182 g/mol. The van der Waals surface area contributed by atoms with E-state index in [0.29, 0.717) is 12.2 Å². The lowest BCUT2D eigenvalue weighted by molar-refractivity contribution is -0.145. The van der Waals surface area contributed by atoms with Crippen LogP contribution in [0.1, 0.15) is 31.9 Å². The van der Waals surface area contributed by atoms with E-state index in [4.69, 9.17) is 9.15 Å². The minimum Gasteiger partial charge on any atom is -0.466 e. The first-order chi connectivity index (χ1) is 6.33. The molecule has 0 aromatic carbocycles. The number of furan rings is 1. The molecule has 3 nitrogen and oxygen atoms in total. The average molecular weight is 182 g/mol. The van der Waals surface area contributed by atoms with E-state index < -0.39 is 0 Å². The van der Waals surface area contributed by atoms with Crippen LogP contribution in [0.15, 0.2) is 22.8 Å². The van der Waals surface area contributed by atoms with E-state index in [1.807, 2.05) is 6.92 Å². The van der Waals surface area contributed by atoms with Gasteiger partial charge in [0.15, 0.2) is 0 Å². The largest absolute Gasteiger partial charge is 0.466 e. The van der Waals surface area contributed by atoms with Crippen molar-refractivity contribution in [3.8, 4) is 0 Å². The van der Waals surface area contributed by atoms with Crippen molar-refractivity contribution in [2.75, 3.05) is 0 Å². The molecule has 72 valence electrons. The fourth-order valence-electron chi connectivity index (χ4n) is 0.940. The zero-order valence-corrected chi connectivity index (χ0v) is 7.79. The lowest BCUT2D eigenvalue weighted by Crippen LogP contribution is -2.03. The van der Waals surface area contributed by atoms with Crippen molar-refractivity contribution >= 4 is 5.97 Å². The number of carbonyl (C=O) groups excluding carboxylic acids is 1. The maximum atomic E-state index is 11.0. The molecule has 0 amide bonds. The van der Waals surface area contributed by atoms with Crippen LogP contribution in [0, 0.1) is 0 Å². The molecule has 0 aliphatic heterocycles. The Hall–Kier alpha value is -1.25. The summed E-state index contributed by atoms with van der Waals surface area (Å²) in [4.78, 5) is 11.0. The smallest absolute Gasteiger partial charge is 0.306 e. The van der Waals surface area contributed by atoms with Crippen molar-refractivity contribution < 1.29 is 13.9 Å². The van der Waals surface area contributed by atoms with Crippen molar-refractivity contribution in [3.05, 3.63) is 24.2 Å². The minimum atomic E-state index is -0.154. The SMILES string of the molecule is CCCCC(=O)OCc1ccco1. The molecule has 1 aromatic rings. The van der Waals surface area contributed by atoms with Gasteiger partial charge in [-0.1, -0.05) is 13.3 Å². The predicted octanol–water partition coefficient (Wildman–Crippen LogP) is 2.51. The molecule has 0 spiro atoms. The number of esters is 1. The van der Waals surface area contributed by atoms with Crippen molar-refractivity contribution in [1.82, 2.24) is 0 Å². The molecular weight excluding hydrogens is 168 g/mol. The van der Waals surface area contributed by atoms with Crippen LogP contribution in [0.3, 0.4) is 0 Å². The Morgan fingerprint density at radius 2 is 2.46 bits per heavy atom. The van der Waals surface area contributed by atoms with Crippen LogP contribution in [0.2, 0.25) is 0 Å². The quantitative estimate of drug-likeness (QED) is 0.657. The van der Waals surface area contributed by atoms with Gasteiger partial charge < -0.3 is 9.15 Å². The Labute approximate surface area is 77.7 Å². The standard InChI is InChI=1S/C10H14O3/c1-2-3-6-10(11)13-8-9-5-4-7-12-9/h4-5,7H,2-3,6,8H2,1H3. The van der Waals surface area contributed by atoms with Crippen LogP contribution in [-0.4, -0.2) is 5.97 Å². The van der Waals surface area contributed by atoms with Gasteiger partial charge in [-0.25, -0.2) is 0 Å². The van der Waals surface area contributed by atoms with E-state index in [1.54, 1.807) is 18.4 Å². The van der Waals surface area contributed by atoms with Gasteiger partial charge >= 0.3 is 5.97 Å². The Balaban J connectivity index is 2.15. The molecule has 13 heavy (non-hydrogen) atoms. The summed E-state index contributed by atoms with van der Waals surface area (Å²) in [7, 11) is 0. The third-order valence-electron chi connectivity index (χ3n) is 1.69. The van der Waals surface area contributed by atoms with E-state index in [2.05, 4.69) is 0 Å². The molecule has 0 bridgehead atoms. The first kappa shape index (κ1) is 9.84. The van der Waals surface area contributed by atoms with E-state index in [9.17, 15) is 4.79 Å². The van der Waals surface area contributed by atoms with Crippen molar-refractivity contribution in [2.45, 2.75) is 32.8 Å².